The van der Waals surface area contributed by atoms with E-state index in [1.54, 1.807) is 0 Å². The normalized spacial score (nSPS) is 18.7. The third kappa shape index (κ3) is 2.62. The summed E-state index contributed by atoms with van der Waals surface area (Å²) < 4.78 is 8.00. The lowest BCUT2D eigenvalue weighted by atomic mass is 9.72. The van der Waals surface area contributed by atoms with E-state index in [9.17, 15) is 4.79 Å². The van der Waals surface area contributed by atoms with Crippen LogP contribution in [0.1, 0.15) is 29.1 Å². The van der Waals surface area contributed by atoms with Gasteiger partial charge in [0.15, 0.2) is 0 Å². The van der Waals surface area contributed by atoms with Gasteiger partial charge in [-0.1, -0.05) is 60.7 Å². The Labute approximate surface area is 153 Å². The molecule has 0 bridgehead atoms. The van der Waals surface area contributed by atoms with Gasteiger partial charge in [-0.15, -0.1) is 0 Å². The van der Waals surface area contributed by atoms with Crippen molar-refractivity contribution in [2.24, 2.45) is 0 Å². The third-order valence-electron chi connectivity index (χ3n) is 5.33. The number of carbonyl (C=O) groups excluding carboxylic acids is 1. The summed E-state index contributed by atoms with van der Waals surface area (Å²) in [6.45, 7) is 4.63. The minimum Gasteiger partial charge on any atom is -0.459 e. The maximum absolute atomic E-state index is 13.2. The molecule has 0 radical (unpaired) electrons. The van der Waals surface area contributed by atoms with Gasteiger partial charge in [-0.25, -0.2) is 4.98 Å². The van der Waals surface area contributed by atoms with Gasteiger partial charge in [0.25, 0.3) is 0 Å². The number of nitrogens with zero attached hydrogens (tertiary/aromatic N) is 2. The number of cyclic esters (lactones) is 1. The van der Waals surface area contributed by atoms with E-state index in [-0.39, 0.29) is 12.1 Å². The predicted molar refractivity (Wildman–Crippen MR) is 99.9 cm³/mol. The highest BCUT2D eigenvalue weighted by Crippen LogP contribution is 2.43. The lowest BCUT2D eigenvalue weighted by molar-refractivity contribution is -0.145. The average molecular weight is 346 g/mol. The number of benzene rings is 2. The van der Waals surface area contributed by atoms with Gasteiger partial charge >= 0.3 is 5.97 Å². The summed E-state index contributed by atoms with van der Waals surface area (Å²) in [6.07, 6.45) is 2.29. The van der Waals surface area contributed by atoms with Crippen LogP contribution >= 0.6 is 0 Å². The first-order chi connectivity index (χ1) is 12.6. The van der Waals surface area contributed by atoms with Gasteiger partial charge in [-0.3, -0.25) is 4.79 Å². The topological polar surface area (TPSA) is 44.1 Å². The zero-order valence-corrected chi connectivity index (χ0v) is 15.1. The Balaban J connectivity index is 1.75. The summed E-state index contributed by atoms with van der Waals surface area (Å²) >= 11 is 0. The molecule has 4 heteroatoms. The molecule has 132 valence electrons. The quantitative estimate of drug-likeness (QED) is 0.675. The van der Waals surface area contributed by atoms with Crippen molar-refractivity contribution in [3.05, 3.63) is 89.5 Å². The Bertz CT molecular complexity index is 857. The molecule has 1 atom stereocenters. The second kappa shape index (κ2) is 6.45. The fourth-order valence-corrected chi connectivity index (χ4v) is 3.96. The molecule has 4 nitrogen and oxygen atoms in total. The van der Waals surface area contributed by atoms with Gasteiger partial charge in [0.05, 0.1) is 6.54 Å². The van der Waals surface area contributed by atoms with E-state index in [1.165, 1.54) is 0 Å². The third-order valence-corrected chi connectivity index (χ3v) is 5.33. The Morgan fingerprint density at radius 3 is 2.12 bits per heavy atom. The van der Waals surface area contributed by atoms with Crippen LogP contribution in [-0.4, -0.2) is 21.6 Å². The zero-order chi connectivity index (χ0) is 18.1. The molecule has 1 aliphatic rings. The van der Waals surface area contributed by atoms with Crippen molar-refractivity contribution in [2.45, 2.75) is 38.3 Å². The summed E-state index contributed by atoms with van der Waals surface area (Å²) in [7, 11) is 0. The van der Waals surface area contributed by atoms with E-state index in [0.717, 1.165) is 22.6 Å². The van der Waals surface area contributed by atoms with Gasteiger partial charge < -0.3 is 9.30 Å². The molecule has 1 saturated heterocycles. The molecule has 4 rings (SSSR count). The van der Waals surface area contributed by atoms with E-state index in [0.29, 0.717) is 13.0 Å². The molecule has 1 unspecified atom stereocenters. The van der Waals surface area contributed by atoms with Gasteiger partial charge in [0, 0.05) is 18.3 Å². The molecule has 1 aromatic heterocycles. The van der Waals surface area contributed by atoms with E-state index in [1.807, 2.05) is 80.7 Å². The van der Waals surface area contributed by atoms with Gasteiger partial charge in [-0.2, -0.15) is 0 Å². The molecule has 26 heavy (non-hydrogen) atoms. The monoisotopic (exact) mass is 346 g/mol. The minimum absolute atomic E-state index is 0.171. The predicted octanol–water partition coefficient (Wildman–Crippen LogP) is 3.80. The summed E-state index contributed by atoms with van der Waals surface area (Å²) in [6, 6.07) is 19.9. The molecule has 2 aromatic carbocycles. The minimum atomic E-state index is -0.754. The summed E-state index contributed by atoms with van der Waals surface area (Å²) in [4.78, 5) is 17.5. The van der Waals surface area contributed by atoms with Crippen LogP contribution in [-0.2, 0) is 21.5 Å². The summed E-state index contributed by atoms with van der Waals surface area (Å²) in [5, 5.41) is 0. The zero-order valence-electron chi connectivity index (χ0n) is 15.1. The number of rotatable bonds is 4. The van der Waals surface area contributed by atoms with Crippen molar-refractivity contribution in [1.82, 2.24) is 9.55 Å². The number of aryl methyl sites for hydroxylation is 2. The van der Waals surface area contributed by atoms with Crippen molar-refractivity contribution in [3.8, 4) is 0 Å². The molecule has 0 spiro atoms. The van der Waals surface area contributed by atoms with E-state index >= 15 is 0 Å². The number of carbonyl (C=O) groups is 1. The lowest BCUT2D eigenvalue weighted by Crippen LogP contribution is -2.33. The van der Waals surface area contributed by atoms with E-state index < -0.39 is 5.41 Å². The largest absolute Gasteiger partial charge is 0.459 e. The second-order valence-corrected chi connectivity index (χ2v) is 6.93. The molecule has 0 saturated carbocycles. The number of aromatic nitrogens is 2. The number of hydrogen-bond donors (Lipinski definition) is 0. The Hall–Kier alpha value is -2.88. The highest BCUT2D eigenvalue weighted by Gasteiger charge is 2.51. The Morgan fingerprint density at radius 2 is 1.62 bits per heavy atom. The van der Waals surface area contributed by atoms with E-state index in [2.05, 4.69) is 9.55 Å². The molecule has 0 N–H and O–H groups in total. The van der Waals surface area contributed by atoms with Crippen molar-refractivity contribution < 1.29 is 9.53 Å². The number of esters is 1. The first-order valence-electron chi connectivity index (χ1n) is 8.92. The SMILES string of the molecule is Cc1cnc(C)n1CC1CC(c2ccccc2)(c2ccccc2)C(=O)O1. The average Bonchev–Trinajstić information content (AvgIpc) is 3.18. The highest BCUT2D eigenvalue weighted by molar-refractivity contribution is 5.89. The Kier molecular flexibility index (Phi) is 4.11. The summed E-state index contributed by atoms with van der Waals surface area (Å²) in [5.74, 6) is 0.769. The number of hydrogen-bond acceptors (Lipinski definition) is 3. The molecular weight excluding hydrogens is 324 g/mol. The van der Waals surface area contributed by atoms with Crippen molar-refractivity contribution in [2.75, 3.05) is 0 Å². The fraction of sp³-hybridized carbons (Fsp3) is 0.273. The molecule has 1 fully saturated rings. The van der Waals surface area contributed by atoms with Crippen LogP contribution in [0, 0.1) is 13.8 Å². The van der Waals surface area contributed by atoms with Crippen molar-refractivity contribution in [1.29, 1.82) is 0 Å². The molecule has 3 aromatic rings. The lowest BCUT2D eigenvalue weighted by Gasteiger charge is -2.26. The number of imidazole rings is 1. The van der Waals surface area contributed by atoms with E-state index in [4.69, 9.17) is 4.74 Å². The summed E-state index contributed by atoms with van der Waals surface area (Å²) in [5.41, 5.74) is 2.29. The number of ether oxygens (including phenoxy) is 1. The second-order valence-electron chi connectivity index (χ2n) is 6.93. The van der Waals surface area contributed by atoms with Gasteiger partial charge in [0.1, 0.15) is 17.3 Å². The van der Waals surface area contributed by atoms with Crippen molar-refractivity contribution in [3.63, 3.8) is 0 Å². The van der Waals surface area contributed by atoms with Gasteiger partial charge in [-0.05, 0) is 25.0 Å². The van der Waals surface area contributed by atoms with Crippen LogP contribution in [0.25, 0.3) is 0 Å². The first kappa shape index (κ1) is 16.6. The maximum Gasteiger partial charge on any atom is 0.321 e. The fourth-order valence-electron chi connectivity index (χ4n) is 3.96. The van der Waals surface area contributed by atoms with Gasteiger partial charge in [0.2, 0.25) is 0 Å². The molecule has 2 heterocycles. The standard InChI is InChI=1S/C22H22N2O2/c1-16-14-23-17(2)24(16)15-20-13-22(21(25)26-20,18-9-5-3-6-10-18)19-11-7-4-8-12-19/h3-12,14,20H,13,15H2,1-2H3. The molecular formula is C22H22N2O2. The Morgan fingerprint density at radius 1 is 1.04 bits per heavy atom. The highest BCUT2D eigenvalue weighted by atomic mass is 16.6. The van der Waals surface area contributed by atoms with Crippen LogP contribution in [0.15, 0.2) is 66.9 Å². The first-order valence-corrected chi connectivity index (χ1v) is 8.92. The maximum atomic E-state index is 13.2. The van der Waals surface area contributed by atoms with Crippen LogP contribution in [0.3, 0.4) is 0 Å². The van der Waals surface area contributed by atoms with Crippen LogP contribution in [0.5, 0.6) is 0 Å². The van der Waals surface area contributed by atoms with Crippen LogP contribution in [0.2, 0.25) is 0 Å². The van der Waals surface area contributed by atoms with Crippen molar-refractivity contribution >= 4 is 5.97 Å². The molecule has 1 aliphatic heterocycles. The van der Waals surface area contributed by atoms with Crippen LogP contribution < -0.4 is 0 Å². The van der Waals surface area contributed by atoms with Crippen LogP contribution in [0.4, 0.5) is 0 Å². The molecule has 0 aliphatic carbocycles. The molecule has 0 amide bonds. The smallest absolute Gasteiger partial charge is 0.321 e.